The lowest BCUT2D eigenvalue weighted by atomic mass is 10.0. The lowest BCUT2D eigenvalue weighted by Crippen LogP contribution is -2.54. The minimum atomic E-state index is -4.98. The highest BCUT2D eigenvalue weighted by Gasteiger charge is 2.75. The van der Waals surface area contributed by atoms with Crippen LogP contribution in [-0.2, 0) is 10.2 Å². The van der Waals surface area contributed by atoms with E-state index in [0.717, 1.165) is 36.6 Å². The van der Waals surface area contributed by atoms with E-state index in [0.29, 0.717) is 0 Å². The number of halogens is 4. The minimum absolute atomic E-state index is 0.00224. The van der Waals surface area contributed by atoms with Crippen LogP contribution in [0.5, 0.6) is 0 Å². The second kappa shape index (κ2) is 7.08. The number of hydrogen-bond donors (Lipinski definition) is 1. The highest BCUT2D eigenvalue weighted by Crippen LogP contribution is 2.63. The predicted molar refractivity (Wildman–Crippen MR) is 95.7 cm³/mol. The molecule has 1 saturated carbocycles. The van der Waals surface area contributed by atoms with Crippen LogP contribution in [0.3, 0.4) is 0 Å². The van der Waals surface area contributed by atoms with E-state index < -0.39 is 51.6 Å². The van der Waals surface area contributed by atoms with E-state index in [4.69, 9.17) is 5.26 Å². The molecule has 3 rings (SSSR count). The first kappa shape index (κ1) is 21.2. The Labute approximate surface area is 167 Å². The van der Waals surface area contributed by atoms with Crippen LogP contribution >= 0.6 is 11.3 Å². The summed E-state index contributed by atoms with van der Waals surface area (Å²) in [5, 5.41) is 11.8. The summed E-state index contributed by atoms with van der Waals surface area (Å²) in [7, 11) is -4.12. The van der Waals surface area contributed by atoms with Gasteiger partial charge in [-0.15, -0.1) is 0 Å². The van der Waals surface area contributed by atoms with Crippen LogP contribution in [0.25, 0.3) is 0 Å². The van der Waals surface area contributed by atoms with Crippen molar-refractivity contribution in [3.63, 3.8) is 0 Å². The van der Waals surface area contributed by atoms with E-state index in [1.807, 2.05) is 0 Å². The van der Waals surface area contributed by atoms with Crippen LogP contribution in [0.4, 0.5) is 17.6 Å². The Bertz CT molecular complexity index is 1090. The fourth-order valence-corrected chi connectivity index (χ4v) is 5.04. The van der Waals surface area contributed by atoms with Gasteiger partial charge in [-0.3, -0.25) is 4.79 Å². The summed E-state index contributed by atoms with van der Waals surface area (Å²) >= 11 is 1.12. The molecule has 2 aromatic rings. The summed E-state index contributed by atoms with van der Waals surface area (Å²) in [4.78, 5) is 12.0. The third-order valence-corrected chi connectivity index (χ3v) is 7.04. The van der Waals surface area contributed by atoms with E-state index >= 15 is 0 Å². The fourth-order valence-electron chi connectivity index (χ4n) is 3.18. The van der Waals surface area contributed by atoms with Crippen molar-refractivity contribution < 1.29 is 30.8 Å². The van der Waals surface area contributed by atoms with E-state index in [1.165, 1.54) is 16.8 Å². The first-order valence-electron chi connectivity index (χ1n) is 8.03. The van der Waals surface area contributed by atoms with Gasteiger partial charge < -0.3 is 0 Å². The monoisotopic (exact) mass is 447 g/mol. The Kier molecular flexibility index (Phi) is 5.18. The zero-order valence-corrected chi connectivity index (χ0v) is 16.3. The molecule has 2 unspecified atom stereocenters. The zero-order chi connectivity index (χ0) is 21.6. The van der Waals surface area contributed by atoms with Crippen LogP contribution in [-0.4, -0.2) is 37.4 Å². The molecule has 1 aromatic heterocycles. The smallest absolute Gasteiger partial charge is 0.268 e. The van der Waals surface area contributed by atoms with Crippen molar-refractivity contribution in [3.8, 4) is 6.07 Å². The van der Waals surface area contributed by atoms with Gasteiger partial charge in [0.1, 0.15) is 17.4 Å². The van der Waals surface area contributed by atoms with E-state index in [-0.39, 0.29) is 15.4 Å². The molecule has 1 aliphatic rings. The quantitative estimate of drug-likeness (QED) is 0.713. The third-order valence-electron chi connectivity index (χ3n) is 4.86. The molecule has 0 bridgehead atoms. The Morgan fingerprint density at radius 3 is 2.62 bits per heavy atom. The van der Waals surface area contributed by atoms with Crippen molar-refractivity contribution in [1.29, 1.82) is 5.26 Å². The average Bonchev–Trinajstić information content (AvgIpc) is 3.17. The fraction of sp³-hybridized carbons (Fsp3) is 0.294. The molecule has 6 nitrogen and oxygen atoms in total. The molecule has 0 saturated heterocycles. The third kappa shape index (κ3) is 3.61. The average molecular weight is 447 g/mol. The van der Waals surface area contributed by atoms with Gasteiger partial charge in [-0.05, 0) is 35.6 Å². The number of alkyl halides is 3. The van der Waals surface area contributed by atoms with E-state index in [2.05, 4.69) is 0 Å². The van der Waals surface area contributed by atoms with Crippen molar-refractivity contribution in [2.75, 3.05) is 7.05 Å². The Morgan fingerprint density at radius 1 is 1.38 bits per heavy atom. The second-order valence-corrected chi connectivity index (χ2v) is 8.93. The summed E-state index contributed by atoms with van der Waals surface area (Å²) in [6.45, 7) is 0. The Balaban J connectivity index is 1.94. The SMILES string of the molecule is CN(C1(C(F)(F)F)CC1c1ccc(F)c(C#N)c1)S(=O)(=O)NC(=O)c1ccsc1. The molecule has 154 valence electrons. The Hall–Kier alpha value is -2.49. The number of hydrogen-bond acceptors (Lipinski definition) is 5. The molecule has 1 aliphatic carbocycles. The summed E-state index contributed by atoms with van der Waals surface area (Å²) in [6, 6.07) is 5.79. The number of nitrogens with one attached hydrogen (secondary N) is 1. The number of carbonyl (C=O) groups is 1. The van der Waals surface area contributed by atoms with Crippen LogP contribution < -0.4 is 4.72 Å². The lowest BCUT2D eigenvalue weighted by molar-refractivity contribution is -0.182. The zero-order valence-electron chi connectivity index (χ0n) is 14.7. The van der Waals surface area contributed by atoms with Crippen LogP contribution in [0.2, 0.25) is 0 Å². The number of nitrogens with zero attached hydrogens (tertiary/aromatic N) is 2. The molecule has 1 heterocycles. The highest BCUT2D eigenvalue weighted by molar-refractivity contribution is 7.87. The molecule has 0 radical (unpaired) electrons. The van der Waals surface area contributed by atoms with Crippen molar-refractivity contribution in [2.24, 2.45) is 0 Å². The molecule has 1 N–H and O–H groups in total. The van der Waals surface area contributed by atoms with Gasteiger partial charge in [-0.25, -0.2) is 9.11 Å². The van der Waals surface area contributed by atoms with Crippen molar-refractivity contribution in [3.05, 3.63) is 57.5 Å². The van der Waals surface area contributed by atoms with E-state index in [1.54, 1.807) is 10.8 Å². The molecule has 0 spiro atoms. The summed E-state index contributed by atoms with van der Waals surface area (Å²) in [5.41, 5.74) is -3.29. The van der Waals surface area contributed by atoms with Crippen LogP contribution in [0.15, 0.2) is 35.0 Å². The summed E-state index contributed by atoms with van der Waals surface area (Å²) in [6.07, 6.45) is -5.61. The van der Waals surface area contributed by atoms with Gasteiger partial charge in [0, 0.05) is 18.3 Å². The number of benzene rings is 1. The van der Waals surface area contributed by atoms with Crippen molar-refractivity contribution in [1.82, 2.24) is 9.03 Å². The van der Waals surface area contributed by atoms with Gasteiger partial charge in [0.25, 0.3) is 5.91 Å². The molecule has 0 aliphatic heterocycles. The first-order valence-corrected chi connectivity index (χ1v) is 10.4. The normalized spacial score (nSPS) is 21.6. The number of nitriles is 1. The van der Waals surface area contributed by atoms with Crippen molar-refractivity contribution in [2.45, 2.75) is 24.1 Å². The number of amides is 1. The maximum Gasteiger partial charge on any atom is 0.408 e. The number of likely N-dealkylation sites (N-methyl/N-ethyl adjacent to an activating group) is 1. The summed E-state index contributed by atoms with van der Waals surface area (Å²) < 4.78 is 82.0. The standard InChI is InChI=1S/C17H13F4N3O3S2/c1-24(29(26,27)23-15(25)11-4-5-28-9-11)16(17(19,20)21)7-13(16)10-2-3-14(18)12(6-10)8-22/h2-6,9,13H,7H2,1H3,(H,23,25). The van der Waals surface area contributed by atoms with Gasteiger partial charge >= 0.3 is 16.4 Å². The molecule has 1 aromatic carbocycles. The van der Waals surface area contributed by atoms with Gasteiger partial charge in [-0.1, -0.05) is 6.07 Å². The molecule has 12 heteroatoms. The highest BCUT2D eigenvalue weighted by atomic mass is 32.2. The minimum Gasteiger partial charge on any atom is -0.268 e. The number of carbonyl (C=O) groups excluding carboxylic acids is 1. The number of thiophene rings is 1. The predicted octanol–water partition coefficient (Wildman–Crippen LogP) is 3.15. The molecule has 29 heavy (non-hydrogen) atoms. The van der Waals surface area contributed by atoms with E-state index in [9.17, 15) is 30.8 Å². The maximum absolute atomic E-state index is 13.9. The van der Waals surface area contributed by atoms with Gasteiger partial charge in [-0.2, -0.15) is 42.5 Å². The van der Waals surface area contributed by atoms with Gasteiger partial charge in [0.15, 0.2) is 0 Å². The first-order chi connectivity index (χ1) is 13.4. The molecular formula is C17H13F4N3O3S2. The molecule has 1 amide bonds. The van der Waals surface area contributed by atoms with Crippen LogP contribution in [0.1, 0.15) is 33.8 Å². The number of rotatable bonds is 5. The van der Waals surface area contributed by atoms with Crippen LogP contribution in [0, 0.1) is 17.1 Å². The molecular weight excluding hydrogens is 434 g/mol. The second-order valence-electron chi connectivity index (χ2n) is 6.45. The molecule has 1 fully saturated rings. The maximum atomic E-state index is 13.9. The van der Waals surface area contributed by atoms with Gasteiger partial charge in [0.2, 0.25) is 0 Å². The lowest BCUT2D eigenvalue weighted by Gasteiger charge is -2.30. The van der Waals surface area contributed by atoms with Crippen molar-refractivity contribution >= 4 is 27.5 Å². The largest absolute Gasteiger partial charge is 0.408 e. The topological polar surface area (TPSA) is 90.3 Å². The molecule has 2 atom stereocenters. The van der Waals surface area contributed by atoms with Gasteiger partial charge in [0.05, 0.1) is 11.1 Å². The Morgan fingerprint density at radius 2 is 2.07 bits per heavy atom. The summed E-state index contributed by atoms with van der Waals surface area (Å²) in [5.74, 6) is -3.30.